The Balaban J connectivity index is 1.83. The van der Waals surface area contributed by atoms with Crippen molar-refractivity contribution in [2.75, 3.05) is 0 Å². The maximum Gasteiger partial charge on any atom is 0.478 e. The first-order valence-corrected chi connectivity index (χ1v) is 49.3. The highest BCUT2D eigenvalue weighted by Gasteiger charge is 2.82. The summed E-state index contributed by atoms with van der Waals surface area (Å²) in [6, 6.07) is 4.82. The van der Waals surface area contributed by atoms with Crippen molar-refractivity contribution in [2.45, 2.75) is 338 Å². The molecule has 0 radical (unpaired) electrons. The molecule has 6 rings (SSSR count). The van der Waals surface area contributed by atoms with Crippen molar-refractivity contribution in [3.63, 3.8) is 0 Å². The Morgan fingerprint density at radius 3 is 0.418 bits per heavy atom. The predicted molar refractivity (Wildman–Crippen MR) is 341 cm³/mol. The van der Waals surface area contributed by atoms with Gasteiger partial charge >= 0.3 is 70.4 Å². The molecule has 8 bridgehead atoms. The first-order chi connectivity index (χ1) is 37.5. The summed E-state index contributed by atoms with van der Waals surface area (Å²) in [7, 11) is -31.6. The summed E-state index contributed by atoms with van der Waals surface area (Å²) >= 11 is 0. The Hall–Kier alpha value is 1.26. The van der Waals surface area contributed by atoms with Gasteiger partial charge in [0.1, 0.15) is 0 Å². The second-order valence-corrected chi connectivity index (χ2v) is 53.1. The maximum atomic E-state index is 8.32. The van der Waals surface area contributed by atoms with E-state index in [1.54, 1.807) is 0 Å². The van der Waals surface area contributed by atoms with Crippen molar-refractivity contribution in [1.29, 1.82) is 0 Å². The minimum atomic E-state index is -3.96. The summed E-state index contributed by atoms with van der Waals surface area (Å²) in [6.07, 6.45) is 30.5. The lowest BCUT2D eigenvalue weighted by Gasteiger charge is -2.63. The summed E-state index contributed by atoms with van der Waals surface area (Å²) in [5.74, 6) is 4.44. The second kappa shape index (κ2) is 34.1. The third-order valence-corrected chi connectivity index (χ3v) is 54.4. The lowest BCUT2D eigenvalue weighted by molar-refractivity contribution is -0.0312. The van der Waals surface area contributed by atoms with Crippen LogP contribution >= 0.6 is 0 Å². The minimum Gasteiger partial charge on any atom is -0.373 e. The fourth-order valence-electron chi connectivity index (χ4n) is 12.4. The van der Waals surface area contributed by atoms with Crippen LogP contribution in [0.25, 0.3) is 0 Å². The third-order valence-electron chi connectivity index (χ3n) is 16.6. The van der Waals surface area contributed by atoms with Crippen LogP contribution in [0.15, 0.2) is 0 Å². The molecule has 0 aromatic heterocycles. The second-order valence-electron chi connectivity index (χ2n) is 28.4. The van der Waals surface area contributed by atoms with E-state index in [2.05, 4.69) is 104 Å². The average molecular weight is 1250 g/mol. The Kier molecular flexibility index (Phi) is 30.7. The van der Waals surface area contributed by atoms with Crippen molar-refractivity contribution >= 4 is 70.4 Å². The quantitative estimate of drug-likeness (QED) is 0.0428. The van der Waals surface area contributed by atoms with Gasteiger partial charge in [0.15, 0.2) is 0 Å². The van der Waals surface area contributed by atoms with Crippen molar-refractivity contribution in [3.8, 4) is 0 Å². The standard InChI is InChI=1S/C59H126O12Si8/c1-16-45-72-60-73(46-31-17-24-38-53(2)3)63-76(49-34-20-27-41-56(8)9)65-74(61-72,47-32-18-25-39-54(4)5)67-78(51-36-22-29-43-58(12)13)68-75(62-72,48-33-19-26-40-55(6)7)66-77(64-73,50-35-21-28-42-57(10)11)70-79(69-76,71-78)52-37-23-30-44-59(14)15/h53-59H,16-52H2,1-15H3. The van der Waals surface area contributed by atoms with Gasteiger partial charge in [0.2, 0.25) is 0 Å². The Morgan fingerprint density at radius 1 is 0.177 bits per heavy atom. The molecule has 0 N–H and O–H groups in total. The van der Waals surface area contributed by atoms with Gasteiger partial charge in [-0.2, -0.15) is 0 Å². The summed E-state index contributed by atoms with van der Waals surface area (Å²) in [5, 5.41) is 0. The lowest BCUT2D eigenvalue weighted by Crippen LogP contribution is -2.88. The van der Waals surface area contributed by atoms with E-state index in [9.17, 15) is 0 Å². The number of unbranched alkanes of at least 4 members (excludes halogenated alkanes) is 14. The van der Waals surface area contributed by atoms with E-state index in [0.29, 0.717) is 89.8 Å². The highest BCUT2D eigenvalue weighted by Crippen LogP contribution is 2.55. The van der Waals surface area contributed by atoms with Gasteiger partial charge in [-0.3, -0.25) is 0 Å². The molecular weight excluding hydrogens is 1130 g/mol. The minimum absolute atomic E-state index is 0.570. The summed E-state index contributed by atoms with van der Waals surface area (Å²) in [6.45, 7) is 34.9. The van der Waals surface area contributed by atoms with Crippen LogP contribution in [0.2, 0.25) is 48.4 Å². The summed E-state index contributed by atoms with van der Waals surface area (Å²) < 4.78 is 99.3. The molecule has 0 spiro atoms. The molecule has 0 amide bonds. The van der Waals surface area contributed by atoms with Gasteiger partial charge in [0, 0.05) is 48.4 Å². The fraction of sp³-hybridized carbons (Fsp3) is 1.00. The van der Waals surface area contributed by atoms with Crippen LogP contribution in [0.4, 0.5) is 0 Å². The topological polar surface area (TPSA) is 111 Å². The van der Waals surface area contributed by atoms with Gasteiger partial charge in [-0.15, -0.1) is 0 Å². The van der Waals surface area contributed by atoms with Crippen LogP contribution < -0.4 is 0 Å². The maximum absolute atomic E-state index is 8.32. The zero-order valence-electron chi connectivity index (χ0n) is 54.1. The van der Waals surface area contributed by atoms with Crippen LogP contribution in [0.3, 0.4) is 0 Å². The molecule has 0 aromatic rings. The zero-order valence-corrected chi connectivity index (χ0v) is 62.1. The van der Waals surface area contributed by atoms with Crippen LogP contribution in [0.5, 0.6) is 0 Å². The van der Waals surface area contributed by atoms with E-state index in [-0.39, 0.29) is 0 Å². The Morgan fingerprint density at radius 2 is 0.304 bits per heavy atom. The van der Waals surface area contributed by atoms with Crippen molar-refractivity contribution in [3.05, 3.63) is 0 Å². The molecular formula is C59H126O12Si8. The van der Waals surface area contributed by atoms with Crippen molar-refractivity contribution in [1.82, 2.24) is 0 Å². The van der Waals surface area contributed by atoms with Gasteiger partial charge in [0.25, 0.3) is 0 Å². The van der Waals surface area contributed by atoms with Crippen molar-refractivity contribution in [2.24, 2.45) is 41.4 Å². The van der Waals surface area contributed by atoms with Crippen LogP contribution in [-0.2, 0) is 49.4 Å². The zero-order chi connectivity index (χ0) is 57.7. The smallest absolute Gasteiger partial charge is 0.373 e. The molecule has 0 atom stereocenters. The highest BCUT2D eigenvalue weighted by atomic mass is 28.6. The van der Waals surface area contributed by atoms with E-state index >= 15 is 0 Å². The molecule has 79 heavy (non-hydrogen) atoms. The summed E-state index contributed by atoms with van der Waals surface area (Å²) in [5.41, 5.74) is 0. The van der Waals surface area contributed by atoms with E-state index in [1.807, 2.05) is 0 Å². The summed E-state index contributed by atoms with van der Waals surface area (Å²) in [4.78, 5) is 0. The number of hydrogen-bond acceptors (Lipinski definition) is 12. The van der Waals surface area contributed by atoms with Gasteiger partial charge in [-0.1, -0.05) is 245 Å². The molecule has 466 valence electrons. The molecule has 6 aliphatic rings. The number of hydrogen-bond donors (Lipinski definition) is 0. The normalized spacial score (nSPS) is 31.7. The molecule has 6 heterocycles. The first kappa shape index (κ1) is 71.0. The monoisotopic (exact) mass is 1250 g/mol. The average Bonchev–Trinajstić information content (AvgIpc) is 3.30. The molecule has 12 nitrogen and oxygen atoms in total. The Bertz CT molecular complexity index is 1490. The number of rotatable bonds is 44. The highest BCUT2D eigenvalue weighted by molar-refractivity contribution is 7.03. The van der Waals surface area contributed by atoms with E-state index in [4.69, 9.17) is 49.4 Å². The Labute approximate surface area is 496 Å². The molecule has 20 heteroatoms. The fourth-order valence-corrected chi connectivity index (χ4v) is 63.3. The third kappa shape index (κ3) is 24.0. The van der Waals surface area contributed by atoms with Gasteiger partial charge in [0.05, 0.1) is 0 Å². The van der Waals surface area contributed by atoms with Gasteiger partial charge in [-0.25, -0.2) is 0 Å². The van der Waals surface area contributed by atoms with Crippen LogP contribution in [0, 0.1) is 41.4 Å². The van der Waals surface area contributed by atoms with Gasteiger partial charge in [-0.05, 0) is 86.4 Å². The first-order valence-electron chi connectivity index (χ1n) is 33.9. The largest absolute Gasteiger partial charge is 0.478 e. The van der Waals surface area contributed by atoms with Crippen LogP contribution in [-0.4, -0.2) is 70.4 Å². The molecule has 6 aliphatic heterocycles. The van der Waals surface area contributed by atoms with Crippen molar-refractivity contribution < 1.29 is 49.4 Å². The van der Waals surface area contributed by atoms with Gasteiger partial charge < -0.3 is 49.4 Å². The molecule has 0 aromatic carbocycles. The molecule has 0 saturated carbocycles. The SMILES string of the molecule is CCC[Si]12O[Si]3(CCCCCC(C)C)O[Si]4(CCCCCC(C)C)O[Si](CCCCCC(C)C)(O1)O[Si]1(CCCCCC(C)C)O[Si](CCCCCC(C)C)(O2)O[Si](CCCCCC(C)C)(O3)O[Si](CCCCCC(C)C)(O4)O1. The lowest BCUT2D eigenvalue weighted by atomic mass is 10.1. The van der Waals surface area contributed by atoms with E-state index < -0.39 is 70.4 Å². The van der Waals surface area contributed by atoms with E-state index in [0.717, 1.165) is 141 Å². The molecule has 6 saturated heterocycles. The van der Waals surface area contributed by atoms with Crippen LogP contribution in [0.1, 0.15) is 290 Å². The molecule has 6 fully saturated rings. The molecule has 0 aliphatic carbocycles. The molecule has 0 unspecified atom stereocenters. The van der Waals surface area contributed by atoms with E-state index in [1.165, 1.54) is 44.9 Å². The predicted octanol–water partition coefficient (Wildman–Crippen LogP) is 19.7.